The zero-order valence-electron chi connectivity index (χ0n) is 19.8. The van der Waals surface area contributed by atoms with Crippen molar-refractivity contribution >= 4 is 0 Å². The van der Waals surface area contributed by atoms with Gasteiger partial charge in [-0.1, -0.05) is 7.43 Å². The summed E-state index contributed by atoms with van der Waals surface area (Å²) in [5.41, 5.74) is -7.60. The molecule has 230 valence electrons. The quantitative estimate of drug-likeness (QED) is 0.284. The molecule has 0 saturated heterocycles. The van der Waals surface area contributed by atoms with Crippen LogP contribution in [0.5, 0.6) is 0 Å². The number of hydrogen-bond donors (Lipinski definition) is 0. The van der Waals surface area contributed by atoms with Gasteiger partial charge in [-0.3, -0.25) is 0 Å². The second-order valence-corrected chi connectivity index (χ2v) is 8.61. The molecule has 2 unspecified atom stereocenters. The Kier molecular flexibility index (Phi) is 13.3. The van der Waals surface area contributed by atoms with Crippen molar-refractivity contribution in [3.05, 3.63) is 0 Å². The summed E-state index contributed by atoms with van der Waals surface area (Å²) < 4.78 is 213. The van der Waals surface area contributed by atoms with Crippen molar-refractivity contribution < 1.29 is 79.0 Å². The second-order valence-electron chi connectivity index (χ2n) is 8.61. The number of rotatable bonds is 3. The van der Waals surface area contributed by atoms with E-state index in [0.717, 1.165) is 13.8 Å². The largest absolute Gasteiger partial charge is 0.371 e. The standard InChI is InChI=1S/C6H6F6.C5H6F6.C4H6F4.C3H6F2.CH4/c1-3(7)4(2,8)6(11,12)5(3,9)10;1-3(6,7)5(10,11)4(2,8)9;1-3(5,6)4(2,7)8;1-3(2,4)5;/h1-2H3;1-2H3;1-2H3;1-2H3;1H4. The number of alkyl halides is 18. The summed E-state index contributed by atoms with van der Waals surface area (Å²) >= 11 is 0. The van der Waals surface area contributed by atoms with Gasteiger partial charge in [0.2, 0.25) is 17.3 Å². The third-order valence-electron chi connectivity index (χ3n) is 4.33. The first-order chi connectivity index (χ1) is 14.8. The van der Waals surface area contributed by atoms with Crippen LogP contribution in [-0.4, -0.2) is 58.7 Å². The summed E-state index contributed by atoms with van der Waals surface area (Å²) in [7, 11) is 0. The monoisotopic (exact) mass is 598 g/mol. The normalized spacial score (nSPS) is 25.5. The Morgan fingerprint density at radius 2 is 0.514 bits per heavy atom. The van der Waals surface area contributed by atoms with Gasteiger partial charge in [-0.2, -0.15) is 43.9 Å². The average Bonchev–Trinajstić information content (AvgIpc) is 2.49. The van der Waals surface area contributed by atoms with Gasteiger partial charge in [0.25, 0.3) is 0 Å². The van der Waals surface area contributed by atoms with E-state index < -0.39 is 58.7 Å². The zero-order valence-corrected chi connectivity index (χ0v) is 19.8. The maximum Gasteiger partial charge on any atom is 0.371 e. The lowest BCUT2D eigenvalue weighted by Gasteiger charge is -2.55. The fourth-order valence-corrected chi connectivity index (χ4v) is 1.50. The van der Waals surface area contributed by atoms with Crippen LogP contribution >= 0.6 is 0 Å². The van der Waals surface area contributed by atoms with Crippen molar-refractivity contribution in [3.63, 3.8) is 0 Å². The fourth-order valence-electron chi connectivity index (χ4n) is 1.50. The van der Waals surface area contributed by atoms with E-state index in [2.05, 4.69) is 0 Å². The maximum atomic E-state index is 12.7. The molecule has 0 spiro atoms. The van der Waals surface area contributed by atoms with Gasteiger partial charge in [0.1, 0.15) is 0 Å². The predicted molar refractivity (Wildman–Crippen MR) is 99.4 cm³/mol. The van der Waals surface area contributed by atoms with Gasteiger partial charge in [-0.25, -0.2) is 35.1 Å². The summed E-state index contributed by atoms with van der Waals surface area (Å²) in [6, 6.07) is 0. The Labute approximate surface area is 201 Å². The van der Waals surface area contributed by atoms with Crippen LogP contribution in [0.3, 0.4) is 0 Å². The first-order valence-electron chi connectivity index (χ1n) is 9.15. The second kappa shape index (κ2) is 11.5. The van der Waals surface area contributed by atoms with E-state index in [0.29, 0.717) is 0 Å². The van der Waals surface area contributed by atoms with Gasteiger partial charge in [-0.15, -0.1) is 0 Å². The molecule has 1 aliphatic rings. The summed E-state index contributed by atoms with van der Waals surface area (Å²) in [6.45, 7) is 1.85. The Hall–Kier alpha value is -1.26. The first-order valence-corrected chi connectivity index (χ1v) is 9.15. The molecule has 0 aromatic carbocycles. The van der Waals surface area contributed by atoms with E-state index in [1.165, 1.54) is 0 Å². The van der Waals surface area contributed by atoms with Crippen LogP contribution in [0.25, 0.3) is 0 Å². The van der Waals surface area contributed by atoms with Gasteiger partial charge in [0, 0.05) is 27.7 Å². The molecule has 1 aliphatic carbocycles. The van der Waals surface area contributed by atoms with Crippen molar-refractivity contribution in [1.82, 2.24) is 0 Å². The molecule has 0 nitrogen and oxygen atoms in total. The molecule has 0 amide bonds. The maximum absolute atomic E-state index is 12.7. The lowest BCUT2D eigenvalue weighted by atomic mass is 9.63. The van der Waals surface area contributed by atoms with Crippen molar-refractivity contribution in [2.75, 3.05) is 0 Å². The zero-order chi connectivity index (χ0) is 31.0. The minimum Gasteiger partial charge on any atom is -0.233 e. The highest BCUT2D eigenvalue weighted by molar-refractivity contribution is 5.28. The van der Waals surface area contributed by atoms with E-state index in [1.54, 1.807) is 0 Å². The minimum absolute atomic E-state index is 0. The molecule has 1 rings (SSSR count). The van der Waals surface area contributed by atoms with Gasteiger partial charge >= 0.3 is 41.5 Å². The molecule has 0 aromatic heterocycles. The Bertz CT molecular complexity index is 580. The molecular formula is C19H28F18. The summed E-state index contributed by atoms with van der Waals surface area (Å²) in [4.78, 5) is 0. The van der Waals surface area contributed by atoms with Crippen LogP contribution in [0.15, 0.2) is 0 Å². The van der Waals surface area contributed by atoms with Crippen LogP contribution in [0.2, 0.25) is 0 Å². The lowest BCUT2D eigenvalue weighted by Crippen LogP contribution is -2.83. The molecule has 0 aromatic rings. The summed E-state index contributed by atoms with van der Waals surface area (Å²) in [6.07, 6.45) is 0. The molecule has 0 radical (unpaired) electrons. The Morgan fingerprint density at radius 3 is 0.541 bits per heavy atom. The van der Waals surface area contributed by atoms with Gasteiger partial charge < -0.3 is 0 Å². The van der Waals surface area contributed by atoms with Crippen LogP contribution in [0.4, 0.5) is 79.0 Å². The van der Waals surface area contributed by atoms with E-state index >= 15 is 0 Å². The number of hydrogen-bond acceptors (Lipinski definition) is 0. The van der Waals surface area contributed by atoms with Crippen molar-refractivity contribution in [2.24, 2.45) is 0 Å². The molecule has 0 bridgehead atoms. The van der Waals surface area contributed by atoms with Crippen LogP contribution < -0.4 is 0 Å². The molecule has 0 heterocycles. The SMILES string of the molecule is C.CC(C)(F)F.CC(F)(F)C(C)(F)F.CC(F)(F)C(F)(F)C(C)(F)F.CC1(F)C(C)(F)C(F)(F)C1(F)F. The minimum atomic E-state index is -5.29. The predicted octanol–water partition coefficient (Wildman–Crippen LogP) is 10.3. The average molecular weight is 598 g/mol. The molecular weight excluding hydrogens is 570 g/mol. The van der Waals surface area contributed by atoms with E-state index in [9.17, 15) is 79.0 Å². The molecule has 1 saturated carbocycles. The Morgan fingerprint density at radius 1 is 0.378 bits per heavy atom. The van der Waals surface area contributed by atoms with Crippen LogP contribution in [0, 0.1) is 0 Å². The number of halogens is 18. The highest BCUT2D eigenvalue weighted by Crippen LogP contribution is 2.67. The lowest BCUT2D eigenvalue weighted by molar-refractivity contribution is -0.427. The highest BCUT2D eigenvalue weighted by Gasteiger charge is 2.94. The van der Waals surface area contributed by atoms with E-state index in [-0.39, 0.29) is 49.0 Å². The molecule has 2 atom stereocenters. The molecule has 1 fully saturated rings. The first kappa shape index (κ1) is 42.8. The smallest absolute Gasteiger partial charge is 0.233 e. The molecule has 0 N–H and O–H groups in total. The molecule has 37 heavy (non-hydrogen) atoms. The Balaban J connectivity index is -0.000000203. The van der Waals surface area contributed by atoms with Crippen molar-refractivity contribution in [1.29, 1.82) is 0 Å². The van der Waals surface area contributed by atoms with Crippen LogP contribution in [-0.2, 0) is 0 Å². The molecule has 18 heteroatoms. The summed E-state index contributed by atoms with van der Waals surface area (Å²) in [5.74, 6) is -34.8. The van der Waals surface area contributed by atoms with Gasteiger partial charge in [0.15, 0.2) is 0 Å². The van der Waals surface area contributed by atoms with E-state index in [1.807, 2.05) is 0 Å². The van der Waals surface area contributed by atoms with Crippen molar-refractivity contribution in [3.8, 4) is 0 Å². The van der Waals surface area contributed by atoms with Crippen molar-refractivity contribution in [2.45, 2.75) is 122 Å². The van der Waals surface area contributed by atoms with E-state index in [4.69, 9.17) is 0 Å². The third-order valence-corrected chi connectivity index (χ3v) is 4.33. The topological polar surface area (TPSA) is 0 Å². The molecule has 0 aliphatic heterocycles. The third kappa shape index (κ3) is 9.77. The highest BCUT2D eigenvalue weighted by atomic mass is 19.4. The van der Waals surface area contributed by atoms with Gasteiger partial charge in [-0.05, 0) is 27.7 Å². The van der Waals surface area contributed by atoms with Gasteiger partial charge in [0.05, 0.1) is 0 Å². The van der Waals surface area contributed by atoms with Crippen LogP contribution in [0.1, 0.15) is 62.8 Å². The fraction of sp³-hybridized carbons (Fsp3) is 1.00. The summed E-state index contributed by atoms with van der Waals surface area (Å²) in [5, 5.41) is 0.